The molecule has 0 bridgehead atoms. The molecular formula is C15H22N5+. The van der Waals surface area contributed by atoms with Crippen molar-refractivity contribution < 1.29 is 4.90 Å². The molecule has 3 rings (SSSR count). The lowest BCUT2D eigenvalue weighted by Crippen LogP contribution is -3.00. The minimum Gasteiger partial charge on any atom is -0.394 e. The van der Waals surface area contributed by atoms with Gasteiger partial charge in [0.25, 0.3) is 0 Å². The third-order valence-corrected chi connectivity index (χ3v) is 3.86. The van der Waals surface area contributed by atoms with E-state index >= 15 is 0 Å². The van der Waals surface area contributed by atoms with Crippen LogP contribution in [0, 0.1) is 0 Å². The second-order valence-corrected chi connectivity index (χ2v) is 5.59. The van der Waals surface area contributed by atoms with E-state index in [1.165, 1.54) is 29.1 Å². The first kappa shape index (κ1) is 13.0. The monoisotopic (exact) mass is 272 g/mol. The summed E-state index contributed by atoms with van der Waals surface area (Å²) < 4.78 is 2.04. The number of anilines is 3. The Morgan fingerprint density at radius 3 is 2.60 bits per heavy atom. The third-order valence-electron chi connectivity index (χ3n) is 3.86. The van der Waals surface area contributed by atoms with Gasteiger partial charge in [-0.3, -0.25) is 4.68 Å². The molecule has 0 spiro atoms. The summed E-state index contributed by atoms with van der Waals surface area (Å²) in [7, 11) is 4.23. The van der Waals surface area contributed by atoms with Gasteiger partial charge in [-0.2, -0.15) is 5.10 Å². The summed E-state index contributed by atoms with van der Waals surface area (Å²) >= 11 is 0. The standard InChI is InChI=1S/C15H21N5/c1-19(2)12-8-6-11(7-9-12)17-15-14(16)13-5-3-4-10-20(13)18-15/h6-9H,3-5,10,16H2,1-2H3,(H,17,18)/p+1. The number of quaternary nitrogens is 1. The van der Waals surface area contributed by atoms with E-state index in [2.05, 4.69) is 48.8 Å². The number of aryl methyl sites for hydroxylation is 1. The molecule has 5 heteroatoms. The second kappa shape index (κ2) is 5.17. The predicted molar refractivity (Wildman–Crippen MR) is 81.8 cm³/mol. The number of aromatic nitrogens is 2. The molecule has 0 saturated carbocycles. The number of benzene rings is 1. The zero-order valence-electron chi connectivity index (χ0n) is 12.1. The van der Waals surface area contributed by atoms with Crippen LogP contribution in [0.25, 0.3) is 0 Å². The maximum absolute atomic E-state index is 6.20. The molecule has 2 aromatic rings. The fraction of sp³-hybridized carbons (Fsp3) is 0.400. The van der Waals surface area contributed by atoms with Gasteiger partial charge in [0.15, 0.2) is 5.82 Å². The molecule has 1 aliphatic rings. The topological polar surface area (TPSA) is 60.3 Å². The Morgan fingerprint density at radius 2 is 1.95 bits per heavy atom. The Bertz CT molecular complexity index is 597. The molecule has 20 heavy (non-hydrogen) atoms. The van der Waals surface area contributed by atoms with Crippen molar-refractivity contribution in [2.75, 3.05) is 25.1 Å². The Labute approximate surface area is 119 Å². The molecule has 0 saturated heterocycles. The maximum Gasteiger partial charge on any atom is 0.175 e. The Morgan fingerprint density at radius 1 is 1.20 bits per heavy atom. The predicted octanol–water partition coefficient (Wildman–Crippen LogP) is 1.32. The first-order valence-corrected chi connectivity index (χ1v) is 7.18. The van der Waals surface area contributed by atoms with Gasteiger partial charge >= 0.3 is 0 Å². The largest absolute Gasteiger partial charge is 0.394 e. The van der Waals surface area contributed by atoms with Crippen LogP contribution in [0.15, 0.2) is 24.3 Å². The van der Waals surface area contributed by atoms with Crippen LogP contribution < -0.4 is 16.0 Å². The van der Waals surface area contributed by atoms with Crippen molar-refractivity contribution in [1.29, 1.82) is 0 Å². The van der Waals surface area contributed by atoms with Gasteiger partial charge in [-0.1, -0.05) is 0 Å². The van der Waals surface area contributed by atoms with Crippen molar-refractivity contribution in [3.8, 4) is 0 Å². The van der Waals surface area contributed by atoms with Gasteiger partial charge in [-0.05, 0) is 31.4 Å². The quantitative estimate of drug-likeness (QED) is 0.790. The molecule has 1 aromatic carbocycles. The molecular weight excluding hydrogens is 250 g/mol. The number of rotatable bonds is 3. The smallest absolute Gasteiger partial charge is 0.175 e. The average molecular weight is 272 g/mol. The number of hydrogen-bond acceptors (Lipinski definition) is 3. The SMILES string of the molecule is C[NH+](C)c1ccc(Nc2nn3c(c2N)CCCC3)cc1. The molecule has 0 fully saturated rings. The molecule has 0 atom stereocenters. The molecule has 106 valence electrons. The highest BCUT2D eigenvalue weighted by molar-refractivity contribution is 5.71. The van der Waals surface area contributed by atoms with E-state index in [0.29, 0.717) is 0 Å². The molecule has 4 N–H and O–H groups in total. The Kier molecular flexibility index (Phi) is 3.36. The highest BCUT2D eigenvalue weighted by Gasteiger charge is 2.18. The molecule has 0 unspecified atom stereocenters. The van der Waals surface area contributed by atoms with E-state index in [9.17, 15) is 0 Å². The van der Waals surface area contributed by atoms with E-state index < -0.39 is 0 Å². The summed E-state index contributed by atoms with van der Waals surface area (Å²) in [6.45, 7) is 0.976. The molecule has 0 radical (unpaired) electrons. The van der Waals surface area contributed by atoms with Crippen LogP contribution in [0.3, 0.4) is 0 Å². The zero-order chi connectivity index (χ0) is 14.1. The number of nitrogens with zero attached hydrogens (tertiary/aromatic N) is 2. The highest BCUT2D eigenvalue weighted by Crippen LogP contribution is 2.29. The number of fused-ring (bicyclic) bond motifs is 1. The summed E-state index contributed by atoms with van der Waals surface area (Å²) in [6, 6.07) is 8.37. The van der Waals surface area contributed by atoms with Gasteiger partial charge in [-0.15, -0.1) is 0 Å². The summed E-state index contributed by atoms with van der Waals surface area (Å²) in [5, 5.41) is 7.91. The first-order chi connectivity index (χ1) is 9.65. The zero-order valence-corrected chi connectivity index (χ0v) is 12.1. The number of nitrogen functional groups attached to an aromatic ring is 1. The van der Waals surface area contributed by atoms with E-state index in [1.54, 1.807) is 0 Å². The summed E-state index contributed by atoms with van der Waals surface area (Å²) in [6.07, 6.45) is 3.42. The molecule has 1 aliphatic heterocycles. The van der Waals surface area contributed by atoms with Gasteiger partial charge in [0.1, 0.15) is 5.69 Å². The fourth-order valence-corrected chi connectivity index (χ4v) is 2.63. The lowest BCUT2D eigenvalue weighted by Gasteiger charge is -2.12. The Hall–Kier alpha value is -2.01. The molecule has 5 nitrogen and oxygen atoms in total. The minimum absolute atomic E-state index is 0.784. The first-order valence-electron chi connectivity index (χ1n) is 7.18. The maximum atomic E-state index is 6.20. The van der Waals surface area contributed by atoms with E-state index in [0.717, 1.165) is 30.2 Å². The van der Waals surface area contributed by atoms with Gasteiger partial charge in [0.2, 0.25) is 0 Å². The van der Waals surface area contributed by atoms with Crippen LogP contribution in [-0.4, -0.2) is 23.9 Å². The Balaban J connectivity index is 1.82. The van der Waals surface area contributed by atoms with Crippen molar-refractivity contribution in [2.24, 2.45) is 0 Å². The molecule has 2 heterocycles. The van der Waals surface area contributed by atoms with Gasteiger partial charge in [0.05, 0.1) is 25.5 Å². The third kappa shape index (κ3) is 2.36. The lowest BCUT2D eigenvalue weighted by molar-refractivity contribution is -0.786. The van der Waals surface area contributed by atoms with Crippen LogP contribution in [0.2, 0.25) is 0 Å². The summed E-state index contributed by atoms with van der Waals surface area (Å²) in [4.78, 5) is 1.31. The van der Waals surface area contributed by atoms with Gasteiger partial charge in [0, 0.05) is 24.4 Å². The summed E-state index contributed by atoms with van der Waals surface area (Å²) in [5.74, 6) is 0.784. The molecule has 0 aliphatic carbocycles. The van der Waals surface area contributed by atoms with Crippen molar-refractivity contribution in [3.05, 3.63) is 30.0 Å². The van der Waals surface area contributed by atoms with Crippen LogP contribution in [-0.2, 0) is 13.0 Å². The normalized spacial score (nSPS) is 14.3. The fourth-order valence-electron chi connectivity index (χ4n) is 2.63. The van der Waals surface area contributed by atoms with Gasteiger partial charge < -0.3 is 16.0 Å². The summed E-state index contributed by atoms with van der Waals surface area (Å²) in [5.41, 5.74) is 10.5. The van der Waals surface area contributed by atoms with E-state index in [-0.39, 0.29) is 0 Å². The number of nitrogens with two attached hydrogens (primary N) is 1. The van der Waals surface area contributed by atoms with Crippen molar-refractivity contribution >= 4 is 22.9 Å². The minimum atomic E-state index is 0.784. The van der Waals surface area contributed by atoms with E-state index in [4.69, 9.17) is 5.73 Å². The van der Waals surface area contributed by atoms with Crippen molar-refractivity contribution in [2.45, 2.75) is 25.8 Å². The van der Waals surface area contributed by atoms with E-state index in [1.807, 2.05) is 4.68 Å². The molecule has 0 amide bonds. The van der Waals surface area contributed by atoms with Crippen molar-refractivity contribution in [1.82, 2.24) is 9.78 Å². The highest BCUT2D eigenvalue weighted by atomic mass is 15.3. The van der Waals surface area contributed by atoms with Crippen LogP contribution in [0.4, 0.5) is 22.9 Å². The van der Waals surface area contributed by atoms with Crippen LogP contribution >= 0.6 is 0 Å². The van der Waals surface area contributed by atoms with Gasteiger partial charge in [-0.25, -0.2) is 0 Å². The number of hydrogen-bond donors (Lipinski definition) is 3. The number of nitrogens with one attached hydrogen (secondary N) is 2. The van der Waals surface area contributed by atoms with Crippen LogP contribution in [0.5, 0.6) is 0 Å². The lowest BCUT2D eigenvalue weighted by atomic mass is 10.1. The molecule has 1 aromatic heterocycles. The van der Waals surface area contributed by atoms with Crippen LogP contribution in [0.1, 0.15) is 18.5 Å². The van der Waals surface area contributed by atoms with Crippen molar-refractivity contribution in [3.63, 3.8) is 0 Å². The second-order valence-electron chi connectivity index (χ2n) is 5.59. The average Bonchev–Trinajstić information content (AvgIpc) is 2.77.